The lowest BCUT2D eigenvalue weighted by Crippen LogP contribution is -2.02. The van der Waals surface area contributed by atoms with E-state index in [-0.39, 0.29) is 11.3 Å². The van der Waals surface area contributed by atoms with Gasteiger partial charge in [-0.3, -0.25) is 0 Å². The first kappa shape index (κ1) is 17.4. The Kier molecular flexibility index (Phi) is 6.00. The van der Waals surface area contributed by atoms with Gasteiger partial charge in [-0.2, -0.15) is 15.8 Å². The molecular formula is C19H14N4O2. The van der Waals surface area contributed by atoms with Crippen molar-refractivity contribution in [1.82, 2.24) is 0 Å². The topological polar surface area (TPSA) is 102 Å². The van der Waals surface area contributed by atoms with E-state index in [2.05, 4.69) is 5.32 Å². The van der Waals surface area contributed by atoms with Crippen LogP contribution >= 0.6 is 0 Å². The number of hydrogen-bond acceptors (Lipinski definition) is 6. The normalized spacial score (nSPS) is 9.04. The molecule has 0 heterocycles. The molecule has 2 aromatic carbocycles. The molecule has 0 spiro atoms. The zero-order chi connectivity index (χ0) is 18.1. The Morgan fingerprint density at radius 1 is 0.960 bits per heavy atom. The average Bonchev–Trinajstić information content (AvgIpc) is 2.67. The largest absolute Gasteiger partial charge is 0.497 e. The Labute approximate surface area is 145 Å². The highest BCUT2D eigenvalue weighted by Gasteiger charge is 2.06. The summed E-state index contributed by atoms with van der Waals surface area (Å²) in [4.78, 5) is 0. The van der Waals surface area contributed by atoms with Crippen LogP contribution in [0.1, 0.15) is 5.56 Å². The minimum absolute atomic E-state index is 0.0850. The molecule has 0 unspecified atom stereocenters. The number of ether oxygens (including phenoxy) is 2. The van der Waals surface area contributed by atoms with Crippen LogP contribution in [0, 0.1) is 34.0 Å². The van der Waals surface area contributed by atoms with Crippen molar-refractivity contribution < 1.29 is 9.47 Å². The van der Waals surface area contributed by atoms with Crippen molar-refractivity contribution in [3.63, 3.8) is 0 Å². The van der Waals surface area contributed by atoms with Crippen molar-refractivity contribution in [1.29, 1.82) is 15.8 Å². The van der Waals surface area contributed by atoms with Crippen LogP contribution in [0.15, 0.2) is 59.8 Å². The molecule has 0 saturated carbocycles. The maximum absolute atomic E-state index is 9.08. The standard InChI is InChI=1S/C19H14N4O2/c1-24-17-5-7-18(8-6-17)25-13-14-3-2-4-16(9-14)23-19(12-22)15(10-20)11-21/h2-9,23H,13H2,1H3. The Hall–Kier alpha value is -3.95. The maximum Gasteiger partial charge on any atom is 0.163 e. The third-order valence-electron chi connectivity index (χ3n) is 3.25. The first-order chi connectivity index (χ1) is 12.2. The van der Waals surface area contributed by atoms with Crippen LogP contribution in [0.5, 0.6) is 11.5 Å². The lowest BCUT2D eigenvalue weighted by atomic mass is 10.2. The van der Waals surface area contributed by atoms with Gasteiger partial charge in [0.15, 0.2) is 5.57 Å². The first-order valence-corrected chi connectivity index (χ1v) is 7.27. The van der Waals surface area contributed by atoms with Crippen LogP contribution in [-0.4, -0.2) is 7.11 Å². The summed E-state index contributed by atoms with van der Waals surface area (Å²) in [6, 6.07) is 19.6. The summed E-state index contributed by atoms with van der Waals surface area (Å²) in [6.07, 6.45) is 0. The van der Waals surface area contributed by atoms with Gasteiger partial charge in [0.05, 0.1) is 7.11 Å². The lowest BCUT2D eigenvalue weighted by Gasteiger charge is -2.09. The highest BCUT2D eigenvalue weighted by molar-refractivity contribution is 5.58. The average molecular weight is 330 g/mol. The van der Waals surface area contributed by atoms with Gasteiger partial charge in [-0.1, -0.05) is 12.1 Å². The SMILES string of the molecule is COc1ccc(OCc2cccc(NC(C#N)=C(C#N)C#N)c2)cc1. The number of anilines is 1. The summed E-state index contributed by atoms with van der Waals surface area (Å²) in [5.74, 6) is 1.45. The number of rotatable bonds is 6. The quantitative estimate of drug-likeness (QED) is 0.813. The highest BCUT2D eigenvalue weighted by atomic mass is 16.5. The van der Waals surface area contributed by atoms with E-state index in [9.17, 15) is 0 Å². The fourth-order valence-corrected chi connectivity index (χ4v) is 2.00. The molecule has 0 fully saturated rings. The predicted octanol–water partition coefficient (Wildman–Crippen LogP) is 3.51. The smallest absolute Gasteiger partial charge is 0.163 e. The summed E-state index contributed by atoms with van der Waals surface area (Å²) in [5, 5.41) is 29.6. The molecule has 2 aromatic rings. The number of nitrogens with one attached hydrogen (secondary N) is 1. The maximum atomic E-state index is 9.08. The molecule has 0 aliphatic heterocycles. The summed E-state index contributed by atoms with van der Waals surface area (Å²) in [7, 11) is 1.60. The summed E-state index contributed by atoms with van der Waals surface area (Å²) in [6.45, 7) is 0.330. The van der Waals surface area contributed by atoms with Crippen LogP contribution in [-0.2, 0) is 6.61 Å². The molecule has 0 bridgehead atoms. The molecule has 0 radical (unpaired) electrons. The summed E-state index contributed by atoms with van der Waals surface area (Å²) in [5.41, 5.74) is 1.12. The van der Waals surface area contributed by atoms with Crippen molar-refractivity contribution in [2.45, 2.75) is 6.61 Å². The summed E-state index contributed by atoms with van der Waals surface area (Å²) >= 11 is 0. The van der Waals surface area contributed by atoms with E-state index < -0.39 is 0 Å². The van der Waals surface area contributed by atoms with Gasteiger partial charge < -0.3 is 14.8 Å². The number of allylic oxidation sites excluding steroid dienone is 2. The summed E-state index contributed by atoms with van der Waals surface area (Å²) < 4.78 is 10.8. The Morgan fingerprint density at radius 2 is 1.64 bits per heavy atom. The van der Waals surface area contributed by atoms with Crippen molar-refractivity contribution >= 4 is 5.69 Å². The molecule has 0 aliphatic rings. The van der Waals surface area contributed by atoms with Gasteiger partial charge in [-0.05, 0) is 42.0 Å². The predicted molar refractivity (Wildman–Crippen MR) is 91.3 cm³/mol. The van der Waals surface area contributed by atoms with Gasteiger partial charge in [0, 0.05) is 5.69 Å². The zero-order valence-electron chi connectivity index (χ0n) is 13.5. The lowest BCUT2D eigenvalue weighted by molar-refractivity contribution is 0.305. The number of nitriles is 3. The van der Waals surface area contributed by atoms with Crippen LogP contribution in [0.3, 0.4) is 0 Å². The molecule has 0 amide bonds. The number of hydrogen-bond donors (Lipinski definition) is 1. The Bertz CT molecular complexity index is 881. The molecule has 0 saturated heterocycles. The van der Waals surface area contributed by atoms with E-state index in [1.54, 1.807) is 37.4 Å². The van der Waals surface area contributed by atoms with E-state index >= 15 is 0 Å². The molecule has 6 heteroatoms. The van der Waals surface area contributed by atoms with E-state index in [4.69, 9.17) is 25.3 Å². The van der Waals surface area contributed by atoms with E-state index in [0.29, 0.717) is 18.0 Å². The number of nitrogens with zero attached hydrogens (tertiary/aromatic N) is 3. The monoisotopic (exact) mass is 330 g/mol. The second kappa shape index (κ2) is 8.62. The van der Waals surface area contributed by atoms with Crippen molar-refractivity contribution in [3.8, 4) is 29.7 Å². The molecule has 122 valence electrons. The van der Waals surface area contributed by atoms with Gasteiger partial charge in [0.2, 0.25) is 0 Å². The van der Waals surface area contributed by atoms with Gasteiger partial charge in [0.25, 0.3) is 0 Å². The van der Waals surface area contributed by atoms with Crippen LogP contribution in [0.25, 0.3) is 0 Å². The van der Waals surface area contributed by atoms with Crippen LogP contribution in [0.2, 0.25) is 0 Å². The second-order valence-corrected chi connectivity index (χ2v) is 4.87. The number of methoxy groups -OCH3 is 1. The van der Waals surface area contributed by atoms with Crippen molar-refractivity contribution in [3.05, 3.63) is 65.4 Å². The van der Waals surface area contributed by atoms with Gasteiger partial charge in [0.1, 0.15) is 42.0 Å². The third kappa shape index (κ3) is 4.76. The molecule has 1 N–H and O–H groups in total. The molecule has 2 rings (SSSR count). The minimum atomic E-state index is -0.262. The molecule has 0 aromatic heterocycles. The Balaban J connectivity index is 2.08. The van der Waals surface area contributed by atoms with Crippen LogP contribution < -0.4 is 14.8 Å². The number of benzene rings is 2. The van der Waals surface area contributed by atoms with E-state index in [0.717, 1.165) is 11.3 Å². The van der Waals surface area contributed by atoms with E-state index in [1.807, 2.05) is 36.4 Å². The molecular weight excluding hydrogens is 316 g/mol. The highest BCUT2D eigenvalue weighted by Crippen LogP contribution is 2.20. The first-order valence-electron chi connectivity index (χ1n) is 7.27. The van der Waals surface area contributed by atoms with Gasteiger partial charge in [-0.25, -0.2) is 0 Å². The van der Waals surface area contributed by atoms with Crippen molar-refractivity contribution in [2.24, 2.45) is 0 Å². The third-order valence-corrected chi connectivity index (χ3v) is 3.25. The van der Waals surface area contributed by atoms with E-state index in [1.165, 1.54) is 0 Å². The fraction of sp³-hybridized carbons (Fsp3) is 0.105. The zero-order valence-corrected chi connectivity index (χ0v) is 13.5. The van der Waals surface area contributed by atoms with Crippen molar-refractivity contribution in [2.75, 3.05) is 12.4 Å². The molecule has 25 heavy (non-hydrogen) atoms. The fourth-order valence-electron chi connectivity index (χ4n) is 2.00. The molecule has 0 atom stereocenters. The van der Waals surface area contributed by atoms with Gasteiger partial charge in [-0.15, -0.1) is 0 Å². The minimum Gasteiger partial charge on any atom is -0.497 e. The molecule has 6 nitrogen and oxygen atoms in total. The van der Waals surface area contributed by atoms with Gasteiger partial charge >= 0.3 is 0 Å². The second-order valence-electron chi connectivity index (χ2n) is 4.87. The Morgan fingerprint density at radius 3 is 2.24 bits per heavy atom. The molecule has 0 aliphatic carbocycles. The van der Waals surface area contributed by atoms with Crippen LogP contribution in [0.4, 0.5) is 5.69 Å².